The summed E-state index contributed by atoms with van der Waals surface area (Å²) in [5, 5.41) is 24.1. The number of carbonyl (C=O) groups excluding carboxylic acids is 2. The maximum Gasteiger partial charge on any atom is 0.257 e. The monoisotopic (exact) mass is 418 g/mol. The quantitative estimate of drug-likeness (QED) is 0.418. The minimum Gasteiger partial charge on any atom is -0.506 e. The Balaban J connectivity index is 1.82. The first-order valence-electron chi connectivity index (χ1n) is 10.8. The van der Waals surface area contributed by atoms with Crippen molar-refractivity contribution in [3.05, 3.63) is 28.8 Å². The normalized spacial score (nSPS) is 19.6. The molecule has 2 heterocycles. The maximum atomic E-state index is 13.2. The van der Waals surface area contributed by atoms with Crippen molar-refractivity contribution < 1.29 is 14.7 Å². The molecule has 0 bridgehead atoms. The topological polar surface area (TPSA) is 109 Å². The molecule has 0 aliphatic carbocycles. The van der Waals surface area contributed by atoms with Crippen LogP contribution in [0, 0.1) is 6.92 Å². The van der Waals surface area contributed by atoms with Gasteiger partial charge < -0.3 is 36.2 Å². The Morgan fingerprint density at radius 1 is 0.700 bits per heavy atom. The van der Waals surface area contributed by atoms with Gasteiger partial charge in [0.15, 0.2) is 0 Å². The van der Waals surface area contributed by atoms with Crippen LogP contribution in [0.4, 0.5) is 0 Å². The van der Waals surface area contributed by atoms with Gasteiger partial charge in [-0.2, -0.15) is 0 Å². The van der Waals surface area contributed by atoms with Crippen molar-refractivity contribution in [2.24, 2.45) is 0 Å². The predicted octanol–water partition coefficient (Wildman–Crippen LogP) is -1.03. The Morgan fingerprint density at radius 3 is 1.37 bits per heavy atom. The first-order chi connectivity index (χ1) is 14.6. The average molecular weight is 419 g/mol. The lowest BCUT2D eigenvalue weighted by Crippen LogP contribution is -2.40. The molecular weight excluding hydrogens is 384 g/mol. The van der Waals surface area contributed by atoms with Crippen molar-refractivity contribution in [3.8, 4) is 5.75 Å². The average Bonchev–Trinajstić information content (AvgIpc) is 2.97. The number of benzene rings is 1. The third kappa shape index (κ3) is 5.91. The van der Waals surface area contributed by atoms with Crippen LogP contribution in [0.25, 0.3) is 0 Å². The van der Waals surface area contributed by atoms with Gasteiger partial charge in [0.25, 0.3) is 11.8 Å². The SMILES string of the molecule is Cc1cc(C(=O)N2CCNCCNCC2)c(O)c(C(=O)N2CCNCCNCC2)c1. The minimum atomic E-state index is -0.247. The van der Waals surface area contributed by atoms with Crippen LogP contribution in [0.5, 0.6) is 5.75 Å². The Bertz CT molecular complexity index is 664. The standard InChI is InChI=1S/C21H34N6O3/c1-16-14-17(20(29)26-10-6-22-2-3-23-7-11-26)19(28)18(15-16)21(30)27-12-8-24-4-5-25-9-13-27/h14-15,22-25,28H,2-13H2,1H3. The van der Waals surface area contributed by atoms with Crippen LogP contribution < -0.4 is 21.3 Å². The second-order valence-electron chi connectivity index (χ2n) is 7.79. The van der Waals surface area contributed by atoms with Gasteiger partial charge in [0.2, 0.25) is 0 Å². The molecule has 2 aliphatic heterocycles. The molecule has 9 nitrogen and oxygen atoms in total. The summed E-state index contributed by atoms with van der Waals surface area (Å²) in [6, 6.07) is 3.34. The van der Waals surface area contributed by atoms with Crippen LogP contribution in [-0.2, 0) is 0 Å². The molecule has 30 heavy (non-hydrogen) atoms. The van der Waals surface area contributed by atoms with E-state index in [1.165, 1.54) is 0 Å². The highest BCUT2D eigenvalue weighted by atomic mass is 16.3. The fourth-order valence-corrected chi connectivity index (χ4v) is 3.78. The Hall–Kier alpha value is -2.20. The lowest BCUT2D eigenvalue weighted by atomic mass is 10.0. The molecule has 0 saturated carbocycles. The van der Waals surface area contributed by atoms with E-state index in [0.717, 1.165) is 31.7 Å². The summed E-state index contributed by atoms with van der Waals surface area (Å²) < 4.78 is 0. The number of amides is 2. The Morgan fingerprint density at radius 2 is 1.03 bits per heavy atom. The number of nitrogens with one attached hydrogen (secondary N) is 4. The van der Waals surface area contributed by atoms with Crippen molar-refractivity contribution >= 4 is 11.8 Å². The van der Waals surface area contributed by atoms with E-state index in [9.17, 15) is 14.7 Å². The Kier molecular flexibility index (Phi) is 8.44. The van der Waals surface area contributed by atoms with Crippen LogP contribution in [0.3, 0.4) is 0 Å². The summed E-state index contributed by atoms with van der Waals surface area (Å²) in [5.74, 6) is -0.718. The fraction of sp³-hybridized carbons (Fsp3) is 0.619. The molecule has 0 aromatic heterocycles. The maximum absolute atomic E-state index is 13.2. The molecule has 0 spiro atoms. The van der Waals surface area contributed by atoms with Crippen LogP contribution in [-0.4, -0.2) is 105 Å². The number of hydrogen-bond acceptors (Lipinski definition) is 7. The van der Waals surface area contributed by atoms with Crippen LogP contribution in [0.15, 0.2) is 12.1 Å². The van der Waals surface area contributed by atoms with Gasteiger partial charge in [-0.1, -0.05) is 0 Å². The van der Waals surface area contributed by atoms with E-state index in [2.05, 4.69) is 21.3 Å². The lowest BCUT2D eigenvalue weighted by Gasteiger charge is -2.25. The van der Waals surface area contributed by atoms with Crippen molar-refractivity contribution in [2.75, 3.05) is 78.5 Å². The van der Waals surface area contributed by atoms with E-state index in [-0.39, 0.29) is 28.7 Å². The van der Waals surface area contributed by atoms with Crippen LogP contribution in [0.2, 0.25) is 0 Å². The number of rotatable bonds is 2. The first kappa shape index (κ1) is 22.5. The summed E-state index contributed by atoms with van der Waals surface area (Å²) >= 11 is 0. The Labute approximate surface area is 178 Å². The highest BCUT2D eigenvalue weighted by molar-refractivity contribution is 6.04. The first-order valence-corrected chi connectivity index (χ1v) is 10.8. The van der Waals surface area contributed by atoms with Gasteiger partial charge in [0, 0.05) is 78.5 Å². The zero-order chi connectivity index (χ0) is 21.3. The predicted molar refractivity (Wildman–Crippen MR) is 116 cm³/mol. The smallest absolute Gasteiger partial charge is 0.257 e. The van der Waals surface area contributed by atoms with E-state index < -0.39 is 0 Å². The molecular formula is C21H34N6O3. The number of nitrogens with zero attached hydrogens (tertiary/aromatic N) is 2. The summed E-state index contributed by atoms with van der Waals surface area (Å²) in [5.41, 5.74) is 1.16. The second-order valence-corrected chi connectivity index (χ2v) is 7.79. The summed E-state index contributed by atoms with van der Waals surface area (Å²) in [4.78, 5) is 29.9. The highest BCUT2D eigenvalue weighted by Crippen LogP contribution is 2.27. The number of phenolic OH excluding ortho intramolecular Hbond substituents is 1. The molecule has 2 saturated heterocycles. The molecule has 1 aromatic carbocycles. The molecule has 2 fully saturated rings. The zero-order valence-electron chi connectivity index (χ0n) is 17.8. The van der Waals surface area contributed by atoms with Gasteiger partial charge in [0.1, 0.15) is 5.75 Å². The van der Waals surface area contributed by atoms with Crippen molar-refractivity contribution in [3.63, 3.8) is 0 Å². The van der Waals surface area contributed by atoms with Crippen LogP contribution in [0.1, 0.15) is 26.3 Å². The second kappa shape index (κ2) is 11.3. The largest absolute Gasteiger partial charge is 0.506 e. The van der Waals surface area contributed by atoms with Gasteiger partial charge in [-0.05, 0) is 24.6 Å². The van der Waals surface area contributed by atoms with Gasteiger partial charge in [-0.25, -0.2) is 0 Å². The van der Waals surface area contributed by atoms with E-state index in [4.69, 9.17) is 0 Å². The number of carbonyl (C=O) groups is 2. The molecule has 2 aliphatic rings. The van der Waals surface area contributed by atoms with Gasteiger partial charge in [-0.15, -0.1) is 0 Å². The van der Waals surface area contributed by atoms with Gasteiger partial charge >= 0.3 is 0 Å². The molecule has 1 aromatic rings. The summed E-state index contributed by atoms with van der Waals surface area (Å²) in [6.07, 6.45) is 0. The molecule has 3 rings (SSSR count). The van der Waals surface area contributed by atoms with Crippen molar-refractivity contribution in [1.82, 2.24) is 31.1 Å². The highest BCUT2D eigenvalue weighted by Gasteiger charge is 2.26. The molecule has 2 amide bonds. The number of hydrogen-bond donors (Lipinski definition) is 5. The molecule has 0 radical (unpaired) electrons. The van der Waals surface area contributed by atoms with E-state index in [0.29, 0.717) is 52.4 Å². The van der Waals surface area contributed by atoms with E-state index >= 15 is 0 Å². The van der Waals surface area contributed by atoms with Crippen LogP contribution >= 0.6 is 0 Å². The van der Waals surface area contributed by atoms with Gasteiger partial charge in [-0.3, -0.25) is 9.59 Å². The van der Waals surface area contributed by atoms with E-state index in [1.54, 1.807) is 21.9 Å². The van der Waals surface area contributed by atoms with Crippen molar-refractivity contribution in [2.45, 2.75) is 6.92 Å². The third-order valence-electron chi connectivity index (χ3n) is 5.48. The molecule has 0 unspecified atom stereocenters. The molecule has 0 atom stereocenters. The third-order valence-corrected chi connectivity index (χ3v) is 5.48. The molecule has 9 heteroatoms. The lowest BCUT2D eigenvalue weighted by molar-refractivity contribution is 0.0753. The molecule has 5 N–H and O–H groups in total. The number of phenols is 1. The minimum absolute atomic E-state index is 0.193. The molecule has 166 valence electrons. The summed E-state index contributed by atoms with van der Waals surface area (Å²) in [7, 11) is 0. The number of aromatic hydroxyl groups is 1. The number of aryl methyl sites for hydroxylation is 1. The van der Waals surface area contributed by atoms with E-state index in [1.807, 2.05) is 6.92 Å². The van der Waals surface area contributed by atoms with Crippen molar-refractivity contribution in [1.29, 1.82) is 0 Å². The fourth-order valence-electron chi connectivity index (χ4n) is 3.78. The van der Waals surface area contributed by atoms with Gasteiger partial charge in [0.05, 0.1) is 11.1 Å². The summed E-state index contributed by atoms with van der Waals surface area (Å²) in [6.45, 7) is 10.3. The zero-order valence-corrected chi connectivity index (χ0v) is 17.8.